The van der Waals surface area contributed by atoms with E-state index in [1.165, 1.54) is 36.4 Å². The Morgan fingerprint density at radius 2 is 1.67 bits per heavy atom. The number of fused-ring (bicyclic) bond motifs is 2. The largest absolute Gasteiger partial charge is 0.356 e. The van der Waals surface area contributed by atoms with Crippen molar-refractivity contribution >= 4 is 16.9 Å². The first kappa shape index (κ1) is 25.8. The molecule has 0 saturated carbocycles. The second-order valence-electron chi connectivity index (χ2n) is 10.5. The molecule has 1 amide bonds. The molecule has 0 bridgehead atoms. The molecule has 1 aliphatic carbocycles. The van der Waals surface area contributed by atoms with Crippen molar-refractivity contribution in [2.24, 2.45) is 0 Å². The highest BCUT2D eigenvalue weighted by Gasteiger charge is 2.35. The molecule has 9 heteroatoms. The molecule has 1 unspecified atom stereocenters. The van der Waals surface area contributed by atoms with Gasteiger partial charge in [-0.3, -0.25) is 4.79 Å². The standard InChI is InChI=1S/C30H29F4N3O2/c31-20-3-1-19(2-4-20)30(38)37-16-11-23-22(7-8-25(33)28(23)34)26(37)12-15-36-13-9-18(10-14-36)29-24-6-5-21(32)17-27(24)39-35-29/h1-6,17-18,25H,7-16H2. The molecule has 2 aliphatic heterocycles. The van der Waals surface area contributed by atoms with Gasteiger partial charge in [0.25, 0.3) is 5.91 Å². The summed E-state index contributed by atoms with van der Waals surface area (Å²) in [5.74, 6) is -1.55. The fourth-order valence-corrected chi connectivity index (χ4v) is 6.17. The van der Waals surface area contributed by atoms with Crippen molar-refractivity contribution in [3.63, 3.8) is 0 Å². The lowest BCUT2D eigenvalue weighted by Gasteiger charge is -2.38. The number of rotatable bonds is 5. The number of benzene rings is 2. The number of alkyl halides is 1. The fourth-order valence-electron chi connectivity index (χ4n) is 6.17. The van der Waals surface area contributed by atoms with E-state index in [0.29, 0.717) is 36.1 Å². The lowest BCUT2D eigenvalue weighted by atomic mass is 9.84. The van der Waals surface area contributed by atoms with E-state index in [0.717, 1.165) is 48.3 Å². The molecule has 0 radical (unpaired) electrons. The molecule has 3 heterocycles. The van der Waals surface area contributed by atoms with Crippen LogP contribution >= 0.6 is 0 Å². The van der Waals surface area contributed by atoms with Gasteiger partial charge in [0.2, 0.25) is 0 Å². The van der Waals surface area contributed by atoms with Crippen molar-refractivity contribution in [2.75, 3.05) is 26.2 Å². The number of carbonyl (C=O) groups excluding carboxylic acids is 1. The van der Waals surface area contributed by atoms with Crippen molar-refractivity contribution in [3.8, 4) is 0 Å². The highest BCUT2D eigenvalue weighted by molar-refractivity contribution is 5.95. The third-order valence-corrected chi connectivity index (χ3v) is 8.27. The highest BCUT2D eigenvalue weighted by Crippen LogP contribution is 2.41. The molecule has 1 fully saturated rings. The van der Waals surface area contributed by atoms with Gasteiger partial charge in [-0.25, -0.2) is 17.6 Å². The molecular weight excluding hydrogens is 510 g/mol. The average molecular weight is 540 g/mol. The van der Waals surface area contributed by atoms with Crippen LogP contribution < -0.4 is 0 Å². The molecule has 1 saturated heterocycles. The van der Waals surface area contributed by atoms with Crippen LogP contribution in [0.4, 0.5) is 17.6 Å². The highest BCUT2D eigenvalue weighted by atomic mass is 19.2. The van der Waals surface area contributed by atoms with Crippen LogP contribution in [0.5, 0.6) is 0 Å². The van der Waals surface area contributed by atoms with Gasteiger partial charge >= 0.3 is 0 Å². The van der Waals surface area contributed by atoms with Crippen molar-refractivity contribution in [1.82, 2.24) is 15.0 Å². The number of hydrogen-bond donors (Lipinski definition) is 0. The van der Waals surface area contributed by atoms with Crippen LogP contribution in [0, 0.1) is 11.6 Å². The number of piperidine rings is 1. The summed E-state index contributed by atoms with van der Waals surface area (Å²) >= 11 is 0. The van der Waals surface area contributed by atoms with Gasteiger partial charge in [-0.05, 0) is 92.7 Å². The smallest absolute Gasteiger partial charge is 0.258 e. The van der Waals surface area contributed by atoms with E-state index in [4.69, 9.17) is 4.52 Å². The molecule has 0 N–H and O–H groups in total. The number of hydrogen-bond acceptors (Lipinski definition) is 4. The molecule has 3 aliphatic rings. The summed E-state index contributed by atoms with van der Waals surface area (Å²) < 4.78 is 61.3. The zero-order valence-corrected chi connectivity index (χ0v) is 21.4. The molecule has 2 aromatic carbocycles. The van der Waals surface area contributed by atoms with Gasteiger partial charge in [0.05, 0.1) is 5.69 Å². The zero-order chi connectivity index (χ0) is 27.1. The summed E-state index contributed by atoms with van der Waals surface area (Å²) in [5, 5.41) is 5.06. The van der Waals surface area contributed by atoms with Gasteiger partial charge in [-0.2, -0.15) is 0 Å². The second-order valence-corrected chi connectivity index (χ2v) is 10.5. The minimum absolute atomic E-state index is 0.0632. The van der Waals surface area contributed by atoms with Crippen LogP contribution in [0.2, 0.25) is 0 Å². The molecule has 39 heavy (non-hydrogen) atoms. The number of nitrogens with zero attached hydrogens (tertiary/aromatic N) is 3. The Hall–Kier alpha value is -3.46. The third-order valence-electron chi connectivity index (χ3n) is 8.27. The first-order valence-corrected chi connectivity index (χ1v) is 13.5. The Morgan fingerprint density at radius 1 is 0.923 bits per heavy atom. The van der Waals surface area contributed by atoms with Gasteiger partial charge in [0, 0.05) is 48.1 Å². The maximum absolute atomic E-state index is 14.8. The van der Waals surface area contributed by atoms with Crippen LogP contribution in [0.3, 0.4) is 0 Å². The molecule has 0 spiro atoms. The summed E-state index contributed by atoms with van der Waals surface area (Å²) in [6.07, 6.45) is 1.35. The zero-order valence-electron chi connectivity index (χ0n) is 21.4. The summed E-state index contributed by atoms with van der Waals surface area (Å²) in [6.45, 7) is 2.53. The third kappa shape index (κ3) is 5.00. The van der Waals surface area contributed by atoms with Crippen molar-refractivity contribution in [1.29, 1.82) is 0 Å². The Kier molecular flexibility index (Phi) is 7.01. The second kappa shape index (κ2) is 10.6. The molecule has 1 aromatic heterocycles. The molecule has 3 aromatic rings. The average Bonchev–Trinajstić information content (AvgIpc) is 3.37. The summed E-state index contributed by atoms with van der Waals surface area (Å²) in [4.78, 5) is 17.4. The van der Waals surface area contributed by atoms with Crippen LogP contribution in [-0.4, -0.2) is 53.2 Å². The quantitative estimate of drug-likeness (QED) is 0.334. The molecular formula is C30H29F4N3O2. The predicted octanol–water partition coefficient (Wildman–Crippen LogP) is 6.83. The first-order chi connectivity index (χ1) is 18.9. The van der Waals surface area contributed by atoms with E-state index in [1.807, 2.05) is 0 Å². The van der Waals surface area contributed by atoms with E-state index in [-0.39, 0.29) is 37.0 Å². The van der Waals surface area contributed by atoms with Crippen LogP contribution in [0.1, 0.15) is 60.5 Å². The van der Waals surface area contributed by atoms with Crippen molar-refractivity contribution < 1.29 is 26.9 Å². The first-order valence-electron chi connectivity index (χ1n) is 13.5. The topological polar surface area (TPSA) is 49.6 Å². The number of aromatic nitrogens is 1. The maximum Gasteiger partial charge on any atom is 0.258 e. The lowest BCUT2D eigenvalue weighted by molar-refractivity contribution is 0.0788. The summed E-state index contributed by atoms with van der Waals surface area (Å²) in [5.41, 5.74) is 3.54. The molecule has 1 atom stereocenters. The van der Waals surface area contributed by atoms with Crippen molar-refractivity contribution in [2.45, 2.75) is 50.6 Å². The fraction of sp³-hybridized carbons (Fsp3) is 0.400. The Morgan fingerprint density at radius 3 is 2.44 bits per heavy atom. The number of carbonyl (C=O) groups is 1. The van der Waals surface area contributed by atoms with Gasteiger partial charge < -0.3 is 14.3 Å². The van der Waals surface area contributed by atoms with E-state index in [9.17, 15) is 22.4 Å². The van der Waals surface area contributed by atoms with Gasteiger partial charge in [-0.15, -0.1) is 0 Å². The van der Waals surface area contributed by atoms with E-state index >= 15 is 0 Å². The molecule has 6 rings (SSSR count). The number of allylic oxidation sites excluding steroid dienone is 2. The minimum atomic E-state index is -1.59. The normalized spacial score (nSPS) is 21.1. The Balaban J connectivity index is 1.18. The Labute approximate surface area is 223 Å². The Bertz CT molecular complexity index is 1450. The predicted molar refractivity (Wildman–Crippen MR) is 138 cm³/mol. The van der Waals surface area contributed by atoms with Crippen LogP contribution in [0.25, 0.3) is 11.0 Å². The monoisotopic (exact) mass is 539 g/mol. The number of amides is 1. The lowest BCUT2D eigenvalue weighted by Crippen LogP contribution is -2.39. The number of likely N-dealkylation sites (tertiary alicyclic amines) is 1. The maximum atomic E-state index is 14.8. The SMILES string of the molecule is O=C(c1ccc(F)cc1)N1CCC2=C(F)C(F)CCC2=C1CCN1CCC(c2noc3cc(F)ccc23)CC1. The van der Waals surface area contributed by atoms with Gasteiger partial charge in [-0.1, -0.05) is 5.16 Å². The molecule has 5 nitrogen and oxygen atoms in total. The van der Waals surface area contributed by atoms with E-state index in [1.54, 1.807) is 11.0 Å². The van der Waals surface area contributed by atoms with E-state index in [2.05, 4.69) is 10.1 Å². The summed E-state index contributed by atoms with van der Waals surface area (Å²) in [6, 6.07) is 9.89. The number of halogens is 4. The van der Waals surface area contributed by atoms with Gasteiger partial charge in [0.15, 0.2) is 11.8 Å². The summed E-state index contributed by atoms with van der Waals surface area (Å²) in [7, 11) is 0. The van der Waals surface area contributed by atoms with Crippen LogP contribution in [0.15, 0.2) is 69.7 Å². The van der Waals surface area contributed by atoms with Crippen LogP contribution in [-0.2, 0) is 0 Å². The van der Waals surface area contributed by atoms with E-state index < -0.39 is 17.8 Å². The van der Waals surface area contributed by atoms with Gasteiger partial charge in [0.1, 0.15) is 17.5 Å². The minimum Gasteiger partial charge on any atom is -0.356 e. The van der Waals surface area contributed by atoms with Crippen molar-refractivity contribution in [3.05, 3.63) is 88.0 Å². The molecule has 204 valence electrons.